The van der Waals surface area contributed by atoms with E-state index in [1.807, 2.05) is 0 Å². The number of aliphatic hydroxyl groups is 1. The quantitative estimate of drug-likeness (QED) is 0.659. The summed E-state index contributed by atoms with van der Waals surface area (Å²) in [6, 6.07) is 0.435. The van der Waals surface area contributed by atoms with Crippen LogP contribution in [0.25, 0.3) is 0 Å². The van der Waals surface area contributed by atoms with E-state index in [2.05, 4.69) is 24.1 Å². The third-order valence-electron chi connectivity index (χ3n) is 2.79. The Labute approximate surface area is 92.6 Å². The second-order valence-electron chi connectivity index (χ2n) is 4.62. The second-order valence-corrected chi connectivity index (χ2v) is 4.62. The number of likely N-dealkylation sites (tertiary alicyclic amines) is 1. The van der Waals surface area contributed by atoms with E-state index in [0.717, 1.165) is 26.1 Å². The summed E-state index contributed by atoms with van der Waals surface area (Å²) in [5.74, 6) is 0. The molecule has 0 amide bonds. The number of rotatable bonds is 6. The number of methoxy groups -OCH3 is 1. The molecule has 1 saturated heterocycles. The molecule has 0 aromatic heterocycles. The van der Waals surface area contributed by atoms with E-state index in [0.29, 0.717) is 18.7 Å². The van der Waals surface area contributed by atoms with Crippen LogP contribution in [0, 0.1) is 0 Å². The third kappa shape index (κ3) is 4.93. The van der Waals surface area contributed by atoms with E-state index in [4.69, 9.17) is 4.74 Å². The number of nitrogens with one attached hydrogen (secondary N) is 1. The van der Waals surface area contributed by atoms with Crippen molar-refractivity contribution >= 4 is 0 Å². The molecule has 15 heavy (non-hydrogen) atoms. The Morgan fingerprint density at radius 2 is 2.27 bits per heavy atom. The predicted octanol–water partition coefficient (Wildman–Crippen LogP) is 0.0660. The monoisotopic (exact) mass is 216 g/mol. The molecule has 2 atom stereocenters. The summed E-state index contributed by atoms with van der Waals surface area (Å²) in [4.78, 5) is 2.26. The van der Waals surface area contributed by atoms with E-state index in [9.17, 15) is 5.11 Å². The summed E-state index contributed by atoms with van der Waals surface area (Å²) in [6.07, 6.45) is 1.17. The van der Waals surface area contributed by atoms with Crippen LogP contribution in [0.1, 0.15) is 20.3 Å². The molecule has 4 nitrogen and oxygen atoms in total. The summed E-state index contributed by atoms with van der Waals surface area (Å²) in [5, 5.41) is 13.0. The van der Waals surface area contributed by atoms with Crippen LogP contribution in [0.5, 0.6) is 0 Å². The van der Waals surface area contributed by atoms with Crippen LogP contribution < -0.4 is 5.32 Å². The van der Waals surface area contributed by atoms with Gasteiger partial charge in [0.2, 0.25) is 0 Å². The fraction of sp³-hybridized carbons (Fsp3) is 1.00. The number of hydrogen-bond acceptors (Lipinski definition) is 4. The van der Waals surface area contributed by atoms with Gasteiger partial charge in [-0.1, -0.05) is 13.8 Å². The smallest absolute Gasteiger partial charge is 0.0791 e. The molecule has 4 heteroatoms. The standard InChI is InChI=1S/C11H24N2O2/c1-9(2)12-6-10(14)7-13-5-4-11(8-13)15-3/h9-12,14H,4-8H2,1-3H3. The lowest BCUT2D eigenvalue weighted by Gasteiger charge is -2.21. The van der Waals surface area contributed by atoms with Gasteiger partial charge in [0, 0.05) is 39.3 Å². The highest BCUT2D eigenvalue weighted by atomic mass is 16.5. The van der Waals surface area contributed by atoms with Crippen molar-refractivity contribution in [3.05, 3.63) is 0 Å². The van der Waals surface area contributed by atoms with Crippen molar-refractivity contribution in [2.75, 3.05) is 33.3 Å². The Bertz CT molecular complexity index is 176. The van der Waals surface area contributed by atoms with Crippen LogP contribution in [0.3, 0.4) is 0 Å². The normalized spacial score (nSPS) is 25.0. The van der Waals surface area contributed by atoms with E-state index < -0.39 is 0 Å². The molecule has 0 bridgehead atoms. The van der Waals surface area contributed by atoms with Gasteiger partial charge in [0.1, 0.15) is 0 Å². The Morgan fingerprint density at radius 1 is 1.53 bits per heavy atom. The molecule has 1 rings (SSSR count). The minimum Gasteiger partial charge on any atom is -0.390 e. The van der Waals surface area contributed by atoms with Crippen LogP contribution in [-0.2, 0) is 4.74 Å². The van der Waals surface area contributed by atoms with E-state index in [1.165, 1.54) is 0 Å². The fourth-order valence-corrected chi connectivity index (χ4v) is 1.89. The van der Waals surface area contributed by atoms with Gasteiger partial charge < -0.3 is 15.2 Å². The molecule has 90 valence electrons. The van der Waals surface area contributed by atoms with Gasteiger partial charge in [-0.05, 0) is 6.42 Å². The lowest BCUT2D eigenvalue weighted by molar-refractivity contribution is 0.0888. The molecule has 0 spiro atoms. The molecule has 1 aliphatic heterocycles. The zero-order valence-corrected chi connectivity index (χ0v) is 10.1. The zero-order chi connectivity index (χ0) is 11.3. The van der Waals surface area contributed by atoms with Gasteiger partial charge in [0.15, 0.2) is 0 Å². The number of ether oxygens (including phenoxy) is 1. The van der Waals surface area contributed by atoms with Crippen LogP contribution in [0.15, 0.2) is 0 Å². The van der Waals surface area contributed by atoms with Crippen LogP contribution in [0.4, 0.5) is 0 Å². The van der Waals surface area contributed by atoms with Crippen molar-refractivity contribution in [2.24, 2.45) is 0 Å². The average Bonchev–Trinajstić information content (AvgIpc) is 2.62. The van der Waals surface area contributed by atoms with Gasteiger partial charge >= 0.3 is 0 Å². The van der Waals surface area contributed by atoms with Gasteiger partial charge in [-0.15, -0.1) is 0 Å². The Hall–Kier alpha value is -0.160. The molecule has 0 aromatic rings. The van der Waals surface area contributed by atoms with Crippen LogP contribution >= 0.6 is 0 Å². The van der Waals surface area contributed by atoms with Crippen molar-refractivity contribution in [1.29, 1.82) is 0 Å². The highest BCUT2D eigenvalue weighted by molar-refractivity contribution is 4.78. The number of β-amino-alcohol motifs (C(OH)–C–C–N with tert-alkyl or cyclic N) is 1. The SMILES string of the molecule is COC1CCN(CC(O)CNC(C)C)C1. The van der Waals surface area contributed by atoms with E-state index in [1.54, 1.807) is 7.11 Å². The Balaban J connectivity index is 2.13. The van der Waals surface area contributed by atoms with E-state index >= 15 is 0 Å². The van der Waals surface area contributed by atoms with Crippen molar-refractivity contribution in [3.63, 3.8) is 0 Å². The maximum atomic E-state index is 9.77. The first-order valence-electron chi connectivity index (χ1n) is 5.78. The molecular formula is C11H24N2O2. The predicted molar refractivity (Wildman–Crippen MR) is 61.0 cm³/mol. The molecule has 2 unspecified atom stereocenters. The molecule has 0 radical (unpaired) electrons. The number of nitrogens with zero attached hydrogens (tertiary/aromatic N) is 1. The lowest BCUT2D eigenvalue weighted by Crippen LogP contribution is -2.39. The van der Waals surface area contributed by atoms with Gasteiger partial charge in [0.25, 0.3) is 0 Å². The van der Waals surface area contributed by atoms with Gasteiger partial charge in [-0.25, -0.2) is 0 Å². The number of hydrogen-bond donors (Lipinski definition) is 2. The maximum absolute atomic E-state index is 9.77. The topological polar surface area (TPSA) is 44.7 Å². The van der Waals surface area contributed by atoms with Crippen molar-refractivity contribution < 1.29 is 9.84 Å². The minimum atomic E-state index is -0.275. The summed E-state index contributed by atoms with van der Waals surface area (Å²) >= 11 is 0. The summed E-state index contributed by atoms with van der Waals surface area (Å²) in [5.41, 5.74) is 0. The zero-order valence-electron chi connectivity index (χ0n) is 10.1. The first-order chi connectivity index (χ1) is 7.11. The molecule has 1 aliphatic rings. The Morgan fingerprint density at radius 3 is 2.80 bits per heavy atom. The molecule has 0 aromatic carbocycles. The Kier molecular flexibility index (Phi) is 5.53. The molecule has 1 fully saturated rings. The van der Waals surface area contributed by atoms with Crippen molar-refractivity contribution in [3.8, 4) is 0 Å². The molecular weight excluding hydrogens is 192 g/mol. The first kappa shape index (κ1) is 12.9. The average molecular weight is 216 g/mol. The molecule has 0 aliphatic carbocycles. The number of aliphatic hydroxyl groups excluding tert-OH is 1. The third-order valence-corrected chi connectivity index (χ3v) is 2.79. The van der Waals surface area contributed by atoms with Crippen molar-refractivity contribution in [2.45, 2.75) is 38.5 Å². The fourth-order valence-electron chi connectivity index (χ4n) is 1.89. The summed E-state index contributed by atoms with van der Waals surface area (Å²) in [7, 11) is 1.75. The molecule has 0 saturated carbocycles. The second kappa shape index (κ2) is 6.43. The van der Waals surface area contributed by atoms with Gasteiger partial charge in [-0.3, -0.25) is 4.90 Å². The van der Waals surface area contributed by atoms with Gasteiger partial charge in [-0.2, -0.15) is 0 Å². The van der Waals surface area contributed by atoms with E-state index in [-0.39, 0.29) is 6.10 Å². The summed E-state index contributed by atoms with van der Waals surface area (Å²) in [6.45, 7) is 7.59. The van der Waals surface area contributed by atoms with Gasteiger partial charge in [0.05, 0.1) is 12.2 Å². The van der Waals surface area contributed by atoms with Crippen molar-refractivity contribution in [1.82, 2.24) is 10.2 Å². The molecule has 2 N–H and O–H groups in total. The first-order valence-corrected chi connectivity index (χ1v) is 5.78. The largest absolute Gasteiger partial charge is 0.390 e. The lowest BCUT2D eigenvalue weighted by atomic mass is 10.3. The van der Waals surface area contributed by atoms with Crippen LogP contribution in [0.2, 0.25) is 0 Å². The minimum absolute atomic E-state index is 0.275. The highest BCUT2D eigenvalue weighted by Crippen LogP contribution is 2.11. The van der Waals surface area contributed by atoms with Crippen LogP contribution in [-0.4, -0.2) is 61.5 Å². The molecule has 1 heterocycles. The summed E-state index contributed by atoms with van der Waals surface area (Å²) < 4.78 is 5.28. The highest BCUT2D eigenvalue weighted by Gasteiger charge is 2.23. The maximum Gasteiger partial charge on any atom is 0.0791 e.